The van der Waals surface area contributed by atoms with Gasteiger partial charge in [-0.15, -0.1) is 0 Å². The fraction of sp³-hybridized carbons (Fsp3) is 0.0769. The van der Waals surface area contributed by atoms with E-state index in [1.807, 2.05) is 0 Å². The number of halogens is 4. The highest BCUT2D eigenvalue weighted by Crippen LogP contribution is 2.25. The molecule has 8 heteroatoms. The lowest BCUT2D eigenvalue weighted by molar-refractivity contribution is -0.385. The molecule has 21 heavy (non-hydrogen) atoms. The predicted molar refractivity (Wildman–Crippen MR) is 71.7 cm³/mol. The quantitative estimate of drug-likeness (QED) is 0.520. The second kappa shape index (κ2) is 6.01. The summed E-state index contributed by atoms with van der Waals surface area (Å²) in [6, 6.07) is 5.66. The summed E-state index contributed by atoms with van der Waals surface area (Å²) in [6.07, 6.45) is 0. The largest absolute Gasteiger partial charge is 0.378 e. The average Bonchev–Trinajstić information content (AvgIpc) is 2.44. The first kappa shape index (κ1) is 15.1. The molecule has 110 valence electrons. The second-order valence-electron chi connectivity index (χ2n) is 4.11. The molecule has 0 aliphatic rings. The van der Waals surface area contributed by atoms with E-state index in [1.165, 1.54) is 18.2 Å². The maximum atomic E-state index is 13.5. The average molecular weight is 317 g/mol. The van der Waals surface area contributed by atoms with Crippen LogP contribution in [0.25, 0.3) is 0 Å². The number of hydrogen-bond acceptors (Lipinski definition) is 3. The topological polar surface area (TPSA) is 55.2 Å². The molecular weight excluding hydrogens is 309 g/mol. The maximum absolute atomic E-state index is 13.5. The maximum Gasteiger partial charge on any atom is 0.274 e. The summed E-state index contributed by atoms with van der Waals surface area (Å²) in [5.74, 6) is -4.31. The lowest BCUT2D eigenvalue weighted by Gasteiger charge is -2.09. The molecule has 0 heterocycles. The van der Waals surface area contributed by atoms with Gasteiger partial charge >= 0.3 is 0 Å². The molecule has 0 spiro atoms. The van der Waals surface area contributed by atoms with Crippen molar-refractivity contribution in [3.8, 4) is 0 Å². The van der Waals surface area contributed by atoms with E-state index in [4.69, 9.17) is 11.6 Å². The monoisotopic (exact) mass is 316 g/mol. The Morgan fingerprint density at radius 2 is 1.86 bits per heavy atom. The van der Waals surface area contributed by atoms with Crippen LogP contribution >= 0.6 is 11.6 Å². The van der Waals surface area contributed by atoms with Crippen LogP contribution in [0.1, 0.15) is 5.56 Å². The van der Waals surface area contributed by atoms with Gasteiger partial charge in [0.2, 0.25) is 0 Å². The van der Waals surface area contributed by atoms with E-state index < -0.39 is 22.4 Å². The Labute approximate surface area is 122 Å². The van der Waals surface area contributed by atoms with Gasteiger partial charge in [-0.25, -0.2) is 13.2 Å². The molecule has 2 aromatic carbocycles. The molecule has 0 aliphatic heterocycles. The third-order valence-corrected chi connectivity index (χ3v) is 2.98. The van der Waals surface area contributed by atoms with E-state index in [-0.39, 0.29) is 28.5 Å². The van der Waals surface area contributed by atoms with Crippen LogP contribution in [0.4, 0.5) is 24.5 Å². The summed E-state index contributed by atoms with van der Waals surface area (Å²) in [6.45, 7) is -0.168. The minimum absolute atomic E-state index is 0.168. The molecule has 0 fully saturated rings. The smallest absolute Gasteiger partial charge is 0.274 e. The first-order valence-electron chi connectivity index (χ1n) is 5.70. The Balaban J connectivity index is 2.26. The lowest BCUT2D eigenvalue weighted by atomic mass is 10.1. The summed E-state index contributed by atoms with van der Waals surface area (Å²) >= 11 is 5.75. The second-order valence-corrected chi connectivity index (χ2v) is 4.54. The molecule has 0 aromatic heterocycles. The number of nitro groups is 1. The van der Waals surface area contributed by atoms with Gasteiger partial charge in [0, 0.05) is 17.6 Å². The van der Waals surface area contributed by atoms with Gasteiger partial charge in [-0.1, -0.05) is 11.6 Å². The van der Waals surface area contributed by atoms with Crippen molar-refractivity contribution in [3.05, 3.63) is 68.5 Å². The molecule has 4 nitrogen and oxygen atoms in total. The van der Waals surface area contributed by atoms with Gasteiger partial charge in [-0.3, -0.25) is 10.1 Å². The number of nitrogens with one attached hydrogen (secondary N) is 1. The van der Waals surface area contributed by atoms with Crippen LogP contribution in [0.5, 0.6) is 0 Å². The number of anilines is 1. The van der Waals surface area contributed by atoms with Crippen LogP contribution in [0.2, 0.25) is 5.02 Å². The van der Waals surface area contributed by atoms with Crippen molar-refractivity contribution in [1.29, 1.82) is 0 Å². The predicted octanol–water partition coefficient (Wildman–Crippen LogP) is 4.28. The molecule has 0 unspecified atom stereocenters. The number of rotatable bonds is 4. The van der Waals surface area contributed by atoms with Gasteiger partial charge in [-0.05, 0) is 24.3 Å². The van der Waals surface area contributed by atoms with E-state index in [0.29, 0.717) is 0 Å². The zero-order valence-corrected chi connectivity index (χ0v) is 11.1. The van der Waals surface area contributed by atoms with Crippen LogP contribution in [0, 0.1) is 27.6 Å². The number of hydrogen-bond donors (Lipinski definition) is 1. The van der Waals surface area contributed by atoms with Gasteiger partial charge in [0.05, 0.1) is 16.2 Å². The first-order valence-corrected chi connectivity index (χ1v) is 6.08. The summed E-state index contributed by atoms with van der Waals surface area (Å²) in [5, 5.41) is 13.6. The van der Waals surface area contributed by atoms with Gasteiger partial charge in [0.15, 0.2) is 17.5 Å². The third kappa shape index (κ3) is 3.25. The molecule has 2 aromatic rings. The Bertz CT molecular complexity index is 710. The summed E-state index contributed by atoms with van der Waals surface area (Å²) in [5.41, 5.74) is -0.324. The normalized spacial score (nSPS) is 10.5. The highest BCUT2D eigenvalue weighted by molar-refractivity contribution is 6.30. The van der Waals surface area contributed by atoms with E-state index in [0.717, 1.165) is 12.1 Å². The molecule has 0 saturated heterocycles. The standard InChI is InChI=1S/C13H8ClF3N2O2/c14-8-1-4-11(19(20)21)7(5-8)6-18-10-3-2-9(15)12(16)13(10)17/h1-5,18H,6H2. The van der Waals surface area contributed by atoms with Crippen molar-refractivity contribution in [2.45, 2.75) is 6.54 Å². The van der Waals surface area contributed by atoms with Gasteiger partial charge in [0.25, 0.3) is 5.69 Å². The molecule has 0 aliphatic carbocycles. The molecule has 0 amide bonds. The van der Waals surface area contributed by atoms with E-state index in [1.54, 1.807) is 0 Å². The lowest BCUT2D eigenvalue weighted by Crippen LogP contribution is -2.06. The first-order chi connectivity index (χ1) is 9.90. The highest BCUT2D eigenvalue weighted by atomic mass is 35.5. The highest BCUT2D eigenvalue weighted by Gasteiger charge is 2.16. The van der Waals surface area contributed by atoms with Crippen molar-refractivity contribution in [3.63, 3.8) is 0 Å². The Kier molecular flexibility index (Phi) is 4.32. The van der Waals surface area contributed by atoms with E-state index in [9.17, 15) is 23.3 Å². The van der Waals surface area contributed by atoms with Crippen LogP contribution in [-0.4, -0.2) is 4.92 Å². The molecule has 0 atom stereocenters. The molecule has 0 radical (unpaired) electrons. The van der Waals surface area contributed by atoms with Crippen LogP contribution in [-0.2, 0) is 6.54 Å². The Morgan fingerprint density at radius 3 is 2.52 bits per heavy atom. The summed E-state index contributed by atoms with van der Waals surface area (Å²) < 4.78 is 39.3. The van der Waals surface area contributed by atoms with Crippen molar-refractivity contribution in [2.24, 2.45) is 0 Å². The minimum Gasteiger partial charge on any atom is -0.378 e. The van der Waals surface area contributed by atoms with Crippen LogP contribution in [0.3, 0.4) is 0 Å². The summed E-state index contributed by atoms with van der Waals surface area (Å²) in [4.78, 5) is 10.2. The van der Waals surface area contributed by atoms with E-state index in [2.05, 4.69) is 5.32 Å². The zero-order valence-electron chi connectivity index (χ0n) is 10.4. The van der Waals surface area contributed by atoms with Gasteiger partial charge in [-0.2, -0.15) is 0 Å². The van der Waals surface area contributed by atoms with Gasteiger partial charge < -0.3 is 5.32 Å². The Morgan fingerprint density at radius 1 is 1.14 bits per heavy atom. The Hall–Kier alpha value is -2.28. The van der Waals surface area contributed by atoms with Crippen molar-refractivity contribution in [1.82, 2.24) is 0 Å². The summed E-state index contributed by atoms with van der Waals surface area (Å²) in [7, 11) is 0. The number of nitro benzene ring substituents is 1. The number of benzene rings is 2. The van der Waals surface area contributed by atoms with E-state index >= 15 is 0 Å². The van der Waals surface area contributed by atoms with Crippen LogP contribution in [0.15, 0.2) is 30.3 Å². The van der Waals surface area contributed by atoms with Crippen molar-refractivity contribution < 1.29 is 18.1 Å². The molecule has 2 rings (SSSR count). The third-order valence-electron chi connectivity index (χ3n) is 2.74. The molecular formula is C13H8ClF3N2O2. The number of nitrogens with zero attached hydrogens (tertiary/aromatic N) is 1. The van der Waals surface area contributed by atoms with Crippen LogP contribution < -0.4 is 5.32 Å². The fourth-order valence-corrected chi connectivity index (χ4v) is 1.92. The molecule has 1 N–H and O–H groups in total. The van der Waals surface area contributed by atoms with Gasteiger partial charge in [0.1, 0.15) is 0 Å². The molecule has 0 saturated carbocycles. The fourth-order valence-electron chi connectivity index (χ4n) is 1.73. The van der Waals surface area contributed by atoms with Crippen molar-refractivity contribution in [2.75, 3.05) is 5.32 Å². The SMILES string of the molecule is O=[N+]([O-])c1ccc(Cl)cc1CNc1ccc(F)c(F)c1F. The van der Waals surface area contributed by atoms with Crippen molar-refractivity contribution >= 4 is 23.0 Å². The molecule has 0 bridgehead atoms. The zero-order chi connectivity index (χ0) is 15.6. The minimum atomic E-state index is -1.61.